The molecule has 2 bridgehead atoms. The average Bonchev–Trinajstić information content (AvgIpc) is 2.78. The summed E-state index contributed by atoms with van der Waals surface area (Å²) in [5.74, 6) is 0.226. The van der Waals surface area contributed by atoms with E-state index in [9.17, 15) is 9.59 Å². The molecule has 4 rings (SSSR count). The standard InChI is InChI=1S/C26H28O6/c27-23(28)15-31-21-11-7-19(8-12-21)26(25-17-3-1-4-18(25)6-2-5-17)20-9-13-22(14-10-20)32-16-24(29)30/h7-14,17-18H,1-6,15-16H2,(H,27,28)(H,29,30). The maximum atomic E-state index is 10.8. The van der Waals surface area contributed by atoms with Gasteiger partial charge in [-0.15, -0.1) is 0 Å². The van der Waals surface area contributed by atoms with Gasteiger partial charge in [0, 0.05) is 0 Å². The third-order valence-electron chi connectivity index (χ3n) is 6.39. The van der Waals surface area contributed by atoms with E-state index in [1.54, 1.807) is 0 Å². The van der Waals surface area contributed by atoms with Crippen LogP contribution in [-0.4, -0.2) is 35.4 Å². The third-order valence-corrected chi connectivity index (χ3v) is 6.39. The molecule has 0 unspecified atom stereocenters. The summed E-state index contributed by atoms with van der Waals surface area (Å²) in [5.41, 5.74) is 4.93. The fourth-order valence-corrected chi connectivity index (χ4v) is 5.10. The Labute approximate surface area is 187 Å². The molecule has 0 spiro atoms. The van der Waals surface area contributed by atoms with Crippen LogP contribution in [0.2, 0.25) is 0 Å². The van der Waals surface area contributed by atoms with Crippen LogP contribution >= 0.6 is 0 Å². The summed E-state index contributed by atoms with van der Waals surface area (Å²) in [4.78, 5) is 21.6. The lowest BCUT2D eigenvalue weighted by atomic mass is 9.65. The number of hydrogen-bond donors (Lipinski definition) is 2. The molecule has 0 aliphatic heterocycles. The number of fused-ring (bicyclic) bond motifs is 2. The molecule has 0 saturated heterocycles. The Kier molecular flexibility index (Phi) is 6.78. The summed E-state index contributed by atoms with van der Waals surface area (Å²) in [7, 11) is 0. The van der Waals surface area contributed by atoms with Crippen molar-refractivity contribution in [2.75, 3.05) is 13.2 Å². The van der Waals surface area contributed by atoms with E-state index in [1.165, 1.54) is 49.7 Å². The molecule has 2 aromatic rings. The van der Waals surface area contributed by atoms with E-state index in [2.05, 4.69) is 0 Å². The van der Waals surface area contributed by atoms with Crippen molar-refractivity contribution < 1.29 is 29.3 Å². The van der Waals surface area contributed by atoms with Gasteiger partial charge in [0.05, 0.1) is 0 Å². The molecule has 0 atom stereocenters. The molecule has 2 aliphatic carbocycles. The van der Waals surface area contributed by atoms with Crippen LogP contribution in [0.5, 0.6) is 11.5 Å². The molecule has 0 amide bonds. The number of allylic oxidation sites excluding steroid dienone is 1. The molecule has 2 aliphatic rings. The topological polar surface area (TPSA) is 93.1 Å². The quantitative estimate of drug-likeness (QED) is 0.604. The lowest BCUT2D eigenvalue weighted by Crippen LogP contribution is -2.25. The zero-order chi connectivity index (χ0) is 22.5. The molecular formula is C26H28O6. The highest BCUT2D eigenvalue weighted by Gasteiger charge is 2.33. The molecule has 6 nitrogen and oxygen atoms in total. The second-order valence-corrected chi connectivity index (χ2v) is 8.50. The minimum Gasteiger partial charge on any atom is -0.482 e. The molecule has 168 valence electrons. The third kappa shape index (κ3) is 5.13. The Bertz CT molecular complexity index is 902. The molecular weight excluding hydrogens is 408 g/mol. The first kappa shape index (κ1) is 21.9. The molecule has 2 N–H and O–H groups in total. The van der Waals surface area contributed by atoms with Crippen molar-refractivity contribution in [3.8, 4) is 11.5 Å². The number of aliphatic carboxylic acids is 2. The van der Waals surface area contributed by atoms with Crippen LogP contribution in [-0.2, 0) is 9.59 Å². The van der Waals surface area contributed by atoms with Gasteiger partial charge in [-0.3, -0.25) is 0 Å². The minimum atomic E-state index is -1.00. The van der Waals surface area contributed by atoms with Gasteiger partial charge in [-0.25, -0.2) is 9.59 Å². The van der Waals surface area contributed by atoms with Crippen molar-refractivity contribution >= 4 is 17.5 Å². The van der Waals surface area contributed by atoms with Gasteiger partial charge in [-0.05, 0) is 78.5 Å². The van der Waals surface area contributed by atoms with Crippen molar-refractivity contribution in [2.24, 2.45) is 11.8 Å². The van der Waals surface area contributed by atoms with Crippen molar-refractivity contribution in [1.29, 1.82) is 0 Å². The van der Waals surface area contributed by atoms with E-state index in [4.69, 9.17) is 19.7 Å². The fourth-order valence-electron chi connectivity index (χ4n) is 5.10. The van der Waals surface area contributed by atoms with Crippen LogP contribution in [0.4, 0.5) is 0 Å². The summed E-state index contributed by atoms with van der Waals surface area (Å²) < 4.78 is 10.6. The van der Waals surface area contributed by atoms with Gasteiger partial charge in [0.1, 0.15) is 11.5 Å². The van der Waals surface area contributed by atoms with E-state index in [0.29, 0.717) is 23.3 Å². The summed E-state index contributed by atoms with van der Waals surface area (Å²) in [5, 5.41) is 17.7. The minimum absolute atomic E-state index is 0.366. The van der Waals surface area contributed by atoms with E-state index in [-0.39, 0.29) is 13.2 Å². The number of carbonyl (C=O) groups is 2. The summed E-state index contributed by atoms with van der Waals surface area (Å²) in [6.45, 7) is -0.732. The largest absolute Gasteiger partial charge is 0.482 e. The summed E-state index contributed by atoms with van der Waals surface area (Å²) in [6.07, 6.45) is 7.42. The van der Waals surface area contributed by atoms with E-state index in [1.807, 2.05) is 48.5 Å². The highest BCUT2D eigenvalue weighted by molar-refractivity contribution is 5.83. The predicted molar refractivity (Wildman–Crippen MR) is 120 cm³/mol. The summed E-state index contributed by atoms with van der Waals surface area (Å²) >= 11 is 0. The van der Waals surface area contributed by atoms with Gasteiger partial charge in [-0.2, -0.15) is 0 Å². The second-order valence-electron chi connectivity index (χ2n) is 8.50. The van der Waals surface area contributed by atoms with Crippen molar-refractivity contribution in [2.45, 2.75) is 38.5 Å². The first-order chi connectivity index (χ1) is 15.5. The number of rotatable bonds is 8. The average molecular weight is 437 g/mol. The Morgan fingerprint density at radius 3 is 1.41 bits per heavy atom. The molecule has 32 heavy (non-hydrogen) atoms. The first-order valence-electron chi connectivity index (χ1n) is 11.2. The summed E-state index contributed by atoms with van der Waals surface area (Å²) in [6, 6.07) is 15.3. The van der Waals surface area contributed by atoms with E-state index >= 15 is 0 Å². The van der Waals surface area contributed by atoms with E-state index in [0.717, 1.165) is 11.1 Å². The lowest BCUT2D eigenvalue weighted by molar-refractivity contribution is -0.140. The van der Waals surface area contributed by atoms with Crippen molar-refractivity contribution in [3.05, 3.63) is 65.2 Å². The van der Waals surface area contributed by atoms with Crippen LogP contribution in [0.25, 0.3) is 5.57 Å². The molecule has 6 heteroatoms. The maximum Gasteiger partial charge on any atom is 0.341 e. The molecule has 2 fully saturated rings. The smallest absolute Gasteiger partial charge is 0.341 e. The van der Waals surface area contributed by atoms with E-state index < -0.39 is 11.9 Å². The van der Waals surface area contributed by atoms with Crippen LogP contribution in [0.1, 0.15) is 49.7 Å². The SMILES string of the molecule is O=C(O)COc1ccc(C(=C2C3CCCC2CCC3)c2ccc(OCC(=O)O)cc2)cc1. The molecule has 0 radical (unpaired) electrons. The Hall–Kier alpha value is -3.28. The van der Waals surface area contributed by atoms with Crippen molar-refractivity contribution in [3.63, 3.8) is 0 Å². The van der Waals surface area contributed by atoms with Crippen LogP contribution < -0.4 is 9.47 Å². The van der Waals surface area contributed by atoms with Gasteiger partial charge in [0.25, 0.3) is 0 Å². The van der Waals surface area contributed by atoms with Gasteiger partial charge >= 0.3 is 11.9 Å². The van der Waals surface area contributed by atoms with Gasteiger partial charge in [0.2, 0.25) is 0 Å². The van der Waals surface area contributed by atoms with Gasteiger partial charge < -0.3 is 19.7 Å². The molecule has 0 aromatic heterocycles. The first-order valence-corrected chi connectivity index (χ1v) is 11.2. The maximum absolute atomic E-state index is 10.8. The zero-order valence-electron chi connectivity index (χ0n) is 18.0. The predicted octanol–water partition coefficient (Wildman–Crippen LogP) is 5.02. The fraction of sp³-hybridized carbons (Fsp3) is 0.385. The number of benzene rings is 2. The highest BCUT2D eigenvalue weighted by Crippen LogP contribution is 2.48. The van der Waals surface area contributed by atoms with Crippen LogP contribution in [0, 0.1) is 11.8 Å². The second kappa shape index (κ2) is 9.90. The number of ether oxygens (including phenoxy) is 2. The molecule has 2 aromatic carbocycles. The Morgan fingerprint density at radius 2 is 1.06 bits per heavy atom. The van der Waals surface area contributed by atoms with Gasteiger partial charge in [0.15, 0.2) is 13.2 Å². The number of hydrogen-bond acceptors (Lipinski definition) is 4. The van der Waals surface area contributed by atoms with Crippen molar-refractivity contribution in [1.82, 2.24) is 0 Å². The van der Waals surface area contributed by atoms with Crippen LogP contribution in [0.15, 0.2) is 54.1 Å². The normalized spacial score (nSPS) is 19.8. The highest BCUT2D eigenvalue weighted by atomic mass is 16.5. The molecule has 2 saturated carbocycles. The van der Waals surface area contributed by atoms with Gasteiger partial charge in [-0.1, -0.05) is 42.7 Å². The lowest BCUT2D eigenvalue weighted by Gasteiger charge is -2.39. The Morgan fingerprint density at radius 1 is 0.688 bits per heavy atom. The number of carboxylic acids is 2. The van der Waals surface area contributed by atoms with Crippen LogP contribution in [0.3, 0.4) is 0 Å². The zero-order valence-corrected chi connectivity index (χ0v) is 18.0. The monoisotopic (exact) mass is 436 g/mol. The molecule has 0 heterocycles. The number of carboxylic acid groups (broad SMARTS) is 2. The Balaban J connectivity index is 1.70.